The van der Waals surface area contributed by atoms with Crippen molar-refractivity contribution in [2.75, 3.05) is 26.6 Å². The van der Waals surface area contributed by atoms with Crippen LogP contribution in [0.5, 0.6) is 11.6 Å². The summed E-state index contributed by atoms with van der Waals surface area (Å²) < 4.78 is 15.9. The molecule has 0 saturated heterocycles. The molecule has 0 unspecified atom stereocenters. The van der Waals surface area contributed by atoms with Gasteiger partial charge in [-0.05, 0) is 17.7 Å². The number of nitrogens with one attached hydrogen (secondary N) is 1. The molecule has 1 aromatic heterocycles. The van der Waals surface area contributed by atoms with Crippen LogP contribution < -0.4 is 14.8 Å². The van der Waals surface area contributed by atoms with E-state index in [1.165, 1.54) is 0 Å². The highest BCUT2D eigenvalue weighted by molar-refractivity contribution is 5.37. The average molecular weight is 289 g/mol. The van der Waals surface area contributed by atoms with Gasteiger partial charge in [-0.15, -0.1) is 0 Å². The summed E-state index contributed by atoms with van der Waals surface area (Å²) in [6.45, 7) is 0.769. The van der Waals surface area contributed by atoms with Crippen molar-refractivity contribution in [1.82, 2.24) is 9.97 Å². The Balaban J connectivity index is 2.05. The Bertz CT molecular complexity index is 573. The van der Waals surface area contributed by atoms with Crippen LogP contribution in [0.25, 0.3) is 0 Å². The molecule has 6 heteroatoms. The summed E-state index contributed by atoms with van der Waals surface area (Å²) >= 11 is 0. The summed E-state index contributed by atoms with van der Waals surface area (Å²) in [4.78, 5) is 8.57. The van der Waals surface area contributed by atoms with Crippen molar-refractivity contribution >= 4 is 5.82 Å². The van der Waals surface area contributed by atoms with Crippen LogP contribution in [0.2, 0.25) is 0 Å². The van der Waals surface area contributed by atoms with E-state index in [-0.39, 0.29) is 0 Å². The van der Waals surface area contributed by atoms with Crippen LogP contribution in [0, 0.1) is 0 Å². The fourth-order valence-corrected chi connectivity index (χ4v) is 1.75. The van der Waals surface area contributed by atoms with Gasteiger partial charge in [-0.2, -0.15) is 4.98 Å². The molecule has 0 aliphatic carbocycles. The Kier molecular flexibility index (Phi) is 5.34. The number of ether oxygens (including phenoxy) is 3. The van der Waals surface area contributed by atoms with Gasteiger partial charge in [0.05, 0.1) is 7.11 Å². The van der Waals surface area contributed by atoms with Gasteiger partial charge < -0.3 is 19.5 Å². The first-order valence-electron chi connectivity index (χ1n) is 6.55. The lowest BCUT2D eigenvalue weighted by molar-refractivity contribution is 0.176. The molecule has 2 rings (SSSR count). The zero-order chi connectivity index (χ0) is 15.1. The number of benzene rings is 1. The summed E-state index contributed by atoms with van der Waals surface area (Å²) in [5.41, 5.74) is 1.04. The van der Waals surface area contributed by atoms with Gasteiger partial charge in [0.1, 0.15) is 24.8 Å². The van der Waals surface area contributed by atoms with Crippen molar-refractivity contribution in [3.8, 4) is 11.6 Å². The minimum absolute atomic E-state index is 0.342. The number of methoxy groups -OCH3 is 2. The summed E-state index contributed by atoms with van der Waals surface area (Å²) in [6, 6.07) is 9.45. The van der Waals surface area contributed by atoms with Crippen LogP contribution in [0.4, 0.5) is 5.82 Å². The van der Waals surface area contributed by atoms with E-state index in [4.69, 9.17) is 14.2 Å². The first kappa shape index (κ1) is 15.1. The van der Waals surface area contributed by atoms with E-state index >= 15 is 0 Å². The predicted molar refractivity (Wildman–Crippen MR) is 79.6 cm³/mol. The monoisotopic (exact) mass is 289 g/mol. The maximum Gasteiger partial charge on any atom is 0.219 e. The Hall–Kier alpha value is -2.34. The second-order valence-corrected chi connectivity index (χ2v) is 4.33. The molecule has 0 aliphatic heterocycles. The first-order valence-corrected chi connectivity index (χ1v) is 6.55. The Morgan fingerprint density at radius 2 is 1.81 bits per heavy atom. The third-order valence-corrected chi connectivity index (χ3v) is 2.82. The Morgan fingerprint density at radius 3 is 2.43 bits per heavy atom. The summed E-state index contributed by atoms with van der Waals surface area (Å²) in [5, 5.41) is 2.98. The van der Waals surface area contributed by atoms with Crippen LogP contribution >= 0.6 is 0 Å². The number of nitrogens with zero attached hydrogens (tertiary/aromatic N) is 2. The SMILES string of the molecule is CNc1cc(OCc2ccc(OC)cc2)nc(COC)n1. The smallest absolute Gasteiger partial charge is 0.219 e. The van der Waals surface area contributed by atoms with Crippen LogP contribution in [0.3, 0.4) is 0 Å². The van der Waals surface area contributed by atoms with Gasteiger partial charge in [-0.1, -0.05) is 12.1 Å². The molecule has 1 N–H and O–H groups in total. The molecule has 0 amide bonds. The van der Waals surface area contributed by atoms with E-state index < -0.39 is 0 Å². The van der Waals surface area contributed by atoms with E-state index in [0.717, 1.165) is 11.3 Å². The van der Waals surface area contributed by atoms with Crippen molar-refractivity contribution in [2.45, 2.75) is 13.2 Å². The molecule has 0 aliphatic rings. The minimum Gasteiger partial charge on any atom is -0.497 e. The topological polar surface area (TPSA) is 65.5 Å². The van der Waals surface area contributed by atoms with Crippen LogP contribution in [-0.2, 0) is 18.0 Å². The molecule has 2 aromatic rings. The van der Waals surface area contributed by atoms with Gasteiger partial charge in [0.15, 0.2) is 5.82 Å². The van der Waals surface area contributed by atoms with E-state index in [1.54, 1.807) is 27.3 Å². The molecule has 0 atom stereocenters. The molecule has 1 aromatic carbocycles. The average Bonchev–Trinajstić information content (AvgIpc) is 2.53. The second-order valence-electron chi connectivity index (χ2n) is 4.33. The largest absolute Gasteiger partial charge is 0.497 e. The van der Waals surface area contributed by atoms with Gasteiger partial charge in [0, 0.05) is 20.2 Å². The van der Waals surface area contributed by atoms with Crippen LogP contribution in [0.1, 0.15) is 11.4 Å². The maximum atomic E-state index is 5.71. The van der Waals surface area contributed by atoms with E-state index in [2.05, 4.69) is 15.3 Å². The van der Waals surface area contributed by atoms with Gasteiger partial charge >= 0.3 is 0 Å². The molecule has 1 heterocycles. The summed E-state index contributed by atoms with van der Waals surface area (Å²) in [6.07, 6.45) is 0. The zero-order valence-electron chi connectivity index (χ0n) is 12.4. The number of rotatable bonds is 7. The van der Waals surface area contributed by atoms with Crippen molar-refractivity contribution < 1.29 is 14.2 Å². The molecular weight excluding hydrogens is 270 g/mol. The summed E-state index contributed by atoms with van der Waals surface area (Å²) in [5.74, 6) is 2.61. The minimum atomic E-state index is 0.342. The van der Waals surface area contributed by atoms with E-state index in [9.17, 15) is 0 Å². The number of aromatic nitrogens is 2. The standard InChI is InChI=1S/C15H19N3O3/c1-16-13-8-15(18-14(17-13)10-19-2)21-9-11-4-6-12(20-3)7-5-11/h4-8H,9-10H2,1-3H3,(H,16,17,18). The Labute approximate surface area is 124 Å². The molecule has 0 spiro atoms. The summed E-state index contributed by atoms with van der Waals surface area (Å²) in [7, 11) is 5.04. The normalized spacial score (nSPS) is 10.2. The quantitative estimate of drug-likeness (QED) is 0.843. The molecule has 0 radical (unpaired) electrons. The predicted octanol–water partition coefficient (Wildman–Crippen LogP) is 2.25. The lowest BCUT2D eigenvalue weighted by atomic mass is 10.2. The lowest BCUT2D eigenvalue weighted by Gasteiger charge is -2.09. The van der Waals surface area contributed by atoms with Crippen molar-refractivity contribution in [1.29, 1.82) is 0 Å². The van der Waals surface area contributed by atoms with Gasteiger partial charge in [-0.3, -0.25) is 0 Å². The van der Waals surface area contributed by atoms with E-state index in [1.807, 2.05) is 24.3 Å². The highest BCUT2D eigenvalue weighted by Crippen LogP contribution is 2.17. The van der Waals surface area contributed by atoms with Crippen LogP contribution in [-0.4, -0.2) is 31.2 Å². The lowest BCUT2D eigenvalue weighted by Crippen LogP contribution is -2.05. The van der Waals surface area contributed by atoms with Crippen LogP contribution in [0.15, 0.2) is 30.3 Å². The number of hydrogen-bond acceptors (Lipinski definition) is 6. The zero-order valence-corrected chi connectivity index (χ0v) is 12.4. The fraction of sp³-hybridized carbons (Fsp3) is 0.333. The van der Waals surface area contributed by atoms with Gasteiger partial charge in [0.25, 0.3) is 0 Å². The highest BCUT2D eigenvalue weighted by atomic mass is 16.5. The molecule has 0 saturated carbocycles. The highest BCUT2D eigenvalue weighted by Gasteiger charge is 2.05. The van der Waals surface area contributed by atoms with Crippen molar-refractivity contribution in [3.05, 3.63) is 41.7 Å². The third-order valence-electron chi connectivity index (χ3n) is 2.82. The maximum absolute atomic E-state index is 5.71. The van der Waals surface area contributed by atoms with E-state index in [0.29, 0.717) is 30.7 Å². The molecular formula is C15H19N3O3. The van der Waals surface area contributed by atoms with Gasteiger partial charge in [-0.25, -0.2) is 4.98 Å². The van der Waals surface area contributed by atoms with Crippen molar-refractivity contribution in [2.24, 2.45) is 0 Å². The molecule has 21 heavy (non-hydrogen) atoms. The Morgan fingerprint density at radius 1 is 1.05 bits per heavy atom. The third kappa shape index (κ3) is 4.32. The molecule has 0 bridgehead atoms. The second kappa shape index (κ2) is 7.44. The van der Waals surface area contributed by atoms with Gasteiger partial charge in [0.2, 0.25) is 5.88 Å². The fourth-order valence-electron chi connectivity index (χ4n) is 1.75. The number of hydrogen-bond donors (Lipinski definition) is 1. The molecule has 6 nitrogen and oxygen atoms in total. The first-order chi connectivity index (χ1) is 10.2. The molecule has 0 fully saturated rings. The van der Waals surface area contributed by atoms with Crippen molar-refractivity contribution in [3.63, 3.8) is 0 Å². The molecule has 112 valence electrons. The number of anilines is 1.